The SMILES string of the molecule is CC(=O)c1ccc(-n2c3c(c4ccccc42)C=CCC3)cc1. The van der Waals surface area contributed by atoms with Crippen molar-refractivity contribution in [2.75, 3.05) is 0 Å². The first kappa shape index (κ1) is 13.1. The van der Waals surface area contributed by atoms with Gasteiger partial charge in [-0.25, -0.2) is 0 Å². The third-order valence-corrected chi connectivity index (χ3v) is 4.38. The number of nitrogens with zero attached hydrogens (tertiary/aromatic N) is 1. The number of hydrogen-bond acceptors (Lipinski definition) is 1. The highest BCUT2D eigenvalue weighted by molar-refractivity contribution is 5.95. The first-order valence-corrected chi connectivity index (χ1v) is 7.66. The van der Waals surface area contributed by atoms with Gasteiger partial charge < -0.3 is 4.57 Å². The van der Waals surface area contributed by atoms with E-state index in [1.165, 1.54) is 22.2 Å². The number of allylic oxidation sites excluding steroid dienone is 1. The van der Waals surface area contributed by atoms with Crippen LogP contribution in [0.15, 0.2) is 54.6 Å². The molecule has 2 aromatic carbocycles. The van der Waals surface area contributed by atoms with Crippen LogP contribution < -0.4 is 0 Å². The van der Waals surface area contributed by atoms with Crippen molar-refractivity contribution in [3.63, 3.8) is 0 Å². The van der Waals surface area contributed by atoms with Crippen molar-refractivity contribution in [1.29, 1.82) is 0 Å². The van der Waals surface area contributed by atoms with Crippen LogP contribution in [-0.4, -0.2) is 10.4 Å². The largest absolute Gasteiger partial charge is 0.313 e. The number of benzene rings is 2. The molecule has 0 fully saturated rings. The summed E-state index contributed by atoms with van der Waals surface area (Å²) in [6.45, 7) is 1.60. The van der Waals surface area contributed by atoms with Crippen molar-refractivity contribution in [2.45, 2.75) is 19.8 Å². The standard InChI is InChI=1S/C20H17NO/c1-14(22)15-10-12-16(13-11-15)21-19-8-4-2-6-17(19)18-7-3-5-9-20(18)21/h2-4,6-8,10-13H,5,9H2,1H3. The minimum Gasteiger partial charge on any atom is -0.313 e. The van der Waals surface area contributed by atoms with E-state index in [1.807, 2.05) is 24.3 Å². The molecule has 2 nitrogen and oxygen atoms in total. The predicted molar refractivity (Wildman–Crippen MR) is 90.6 cm³/mol. The molecule has 22 heavy (non-hydrogen) atoms. The summed E-state index contributed by atoms with van der Waals surface area (Å²) in [5.41, 5.74) is 5.80. The van der Waals surface area contributed by atoms with E-state index in [2.05, 4.69) is 41.0 Å². The van der Waals surface area contributed by atoms with E-state index < -0.39 is 0 Å². The van der Waals surface area contributed by atoms with Crippen LogP contribution in [0, 0.1) is 0 Å². The Bertz CT molecular complexity index is 897. The number of carbonyl (C=O) groups is 1. The molecule has 0 saturated carbocycles. The first-order chi connectivity index (χ1) is 10.8. The van der Waals surface area contributed by atoms with Gasteiger partial charge in [0.25, 0.3) is 0 Å². The van der Waals surface area contributed by atoms with E-state index in [-0.39, 0.29) is 5.78 Å². The molecule has 0 N–H and O–H groups in total. The number of rotatable bonds is 2. The molecule has 1 aliphatic carbocycles. The van der Waals surface area contributed by atoms with E-state index in [1.54, 1.807) is 6.92 Å². The molecule has 1 heterocycles. The van der Waals surface area contributed by atoms with Gasteiger partial charge in [0.1, 0.15) is 0 Å². The zero-order valence-corrected chi connectivity index (χ0v) is 12.5. The fraction of sp³-hybridized carbons (Fsp3) is 0.150. The Morgan fingerprint density at radius 3 is 2.59 bits per heavy atom. The van der Waals surface area contributed by atoms with Gasteiger partial charge in [0.2, 0.25) is 0 Å². The number of hydrogen-bond donors (Lipinski definition) is 0. The summed E-state index contributed by atoms with van der Waals surface area (Å²) in [5.74, 6) is 0.105. The van der Waals surface area contributed by atoms with Crippen LogP contribution in [0.25, 0.3) is 22.7 Å². The fourth-order valence-corrected chi connectivity index (χ4v) is 3.31. The van der Waals surface area contributed by atoms with E-state index in [0.717, 1.165) is 24.1 Å². The van der Waals surface area contributed by atoms with E-state index in [9.17, 15) is 4.79 Å². The second kappa shape index (κ2) is 4.99. The highest BCUT2D eigenvalue weighted by Gasteiger charge is 2.17. The maximum atomic E-state index is 11.5. The molecule has 0 radical (unpaired) electrons. The second-order valence-corrected chi connectivity index (χ2v) is 5.76. The van der Waals surface area contributed by atoms with Crippen LogP contribution in [0.4, 0.5) is 0 Å². The molecule has 0 aliphatic heterocycles. The number of fused-ring (bicyclic) bond motifs is 3. The van der Waals surface area contributed by atoms with E-state index >= 15 is 0 Å². The third kappa shape index (κ3) is 1.92. The summed E-state index contributed by atoms with van der Waals surface area (Å²) in [7, 11) is 0. The lowest BCUT2D eigenvalue weighted by Gasteiger charge is -2.13. The van der Waals surface area contributed by atoms with Crippen molar-refractivity contribution in [3.8, 4) is 5.69 Å². The summed E-state index contributed by atoms with van der Waals surface area (Å²) in [6.07, 6.45) is 6.61. The number of carbonyl (C=O) groups excluding carboxylic acids is 1. The van der Waals surface area contributed by atoms with Gasteiger partial charge in [-0.1, -0.05) is 30.4 Å². The zero-order chi connectivity index (χ0) is 15.1. The van der Waals surface area contributed by atoms with Gasteiger partial charge in [-0.15, -0.1) is 0 Å². The Balaban J connectivity index is 1.98. The summed E-state index contributed by atoms with van der Waals surface area (Å²) in [4.78, 5) is 11.5. The smallest absolute Gasteiger partial charge is 0.159 e. The molecule has 0 amide bonds. The van der Waals surface area contributed by atoms with Gasteiger partial charge in [0, 0.05) is 27.9 Å². The fourth-order valence-electron chi connectivity index (χ4n) is 3.31. The van der Waals surface area contributed by atoms with Gasteiger partial charge >= 0.3 is 0 Å². The highest BCUT2D eigenvalue weighted by atomic mass is 16.1. The average Bonchev–Trinajstić information content (AvgIpc) is 2.89. The highest BCUT2D eigenvalue weighted by Crippen LogP contribution is 2.33. The molecular formula is C20H17NO. The predicted octanol–water partition coefficient (Wildman–Crippen LogP) is 4.79. The van der Waals surface area contributed by atoms with Crippen molar-refractivity contribution in [1.82, 2.24) is 4.57 Å². The number of Topliss-reactive ketones (excluding diaryl/α,β-unsaturated/α-hetero) is 1. The zero-order valence-electron chi connectivity index (χ0n) is 12.5. The van der Waals surface area contributed by atoms with E-state index in [4.69, 9.17) is 0 Å². The van der Waals surface area contributed by atoms with Gasteiger partial charge in [-0.2, -0.15) is 0 Å². The molecular weight excluding hydrogens is 270 g/mol. The second-order valence-electron chi connectivity index (χ2n) is 5.76. The van der Waals surface area contributed by atoms with Crippen LogP contribution in [0.2, 0.25) is 0 Å². The molecule has 3 aromatic rings. The van der Waals surface area contributed by atoms with Crippen molar-refractivity contribution in [2.24, 2.45) is 0 Å². The van der Waals surface area contributed by atoms with Crippen molar-refractivity contribution < 1.29 is 4.79 Å². The molecule has 0 saturated heterocycles. The Hall–Kier alpha value is -2.61. The van der Waals surface area contributed by atoms with Crippen LogP contribution in [0.1, 0.15) is 35.0 Å². The summed E-state index contributed by atoms with van der Waals surface area (Å²) >= 11 is 0. The van der Waals surface area contributed by atoms with Crippen LogP contribution in [0.3, 0.4) is 0 Å². The summed E-state index contributed by atoms with van der Waals surface area (Å²) in [5, 5.41) is 1.30. The van der Waals surface area contributed by atoms with Crippen molar-refractivity contribution in [3.05, 3.63) is 71.4 Å². The van der Waals surface area contributed by atoms with Gasteiger partial charge in [0.05, 0.1) is 5.52 Å². The normalized spacial score (nSPS) is 13.3. The molecule has 0 atom stereocenters. The molecule has 108 valence electrons. The van der Waals surface area contributed by atoms with Gasteiger partial charge in [0.15, 0.2) is 5.78 Å². The maximum Gasteiger partial charge on any atom is 0.159 e. The Morgan fingerprint density at radius 2 is 1.82 bits per heavy atom. The quantitative estimate of drug-likeness (QED) is 0.621. The Kier molecular flexibility index (Phi) is 2.97. The molecule has 2 heteroatoms. The van der Waals surface area contributed by atoms with Gasteiger partial charge in [-0.05, 0) is 50.1 Å². The maximum absolute atomic E-state index is 11.5. The summed E-state index contributed by atoms with van der Waals surface area (Å²) < 4.78 is 2.33. The molecule has 0 unspecified atom stereocenters. The third-order valence-electron chi connectivity index (χ3n) is 4.38. The lowest BCUT2D eigenvalue weighted by atomic mass is 10.0. The van der Waals surface area contributed by atoms with Crippen LogP contribution in [-0.2, 0) is 6.42 Å². The number of ketones is 1. The monoisotopic (exact) mass is 287 g/mol. The lowest BCUT2D eigenvalue weighted by molar-refractivity contribution is 0.101. The van der Waals surface area contributed by atoms with Crippen LogP contribution >= 0.6 is 0 Å². The molecule has 0 spiro atoms. The minimum absolute atomic E-state index is 0.105. The topological polar surface area (TPSA) is 22.0 Å². The summed E-state index contributed by atoms with van der Waals surface area (Å²) in [6, 6.07) is 16.4. The van der Waals surface area contributed by atoms with Gasteiger partial charge in [-0.3, -0.25) is 4.79 Å². The van der Waals surface area contributed by atoms with E-state index in [0.29, 0.717) is 0 Å². The molecule has 1 aliphatic rings. The molecule has 4 rings (SSSR count). The Morgan fingerprint density at radius 1 is 1.05 bits per heavy atom. The Labute approximate surface area is 129 Å². The lowest BCUT2D eigenvalue weighted by Crippen LogP contribution is -2.03. The first-order valence-electron chi connectivity index (χ1n) is 7.66. The average molecular weight is 287 g/mol. The molecule has 1 aromatic heterocycles. The number of para-hydroxylation sites is 1. The van der Waals surface area contributed by atoms with Crippen LogP contribution in [0.5, 0.6) is 0 Å². The minimum atomic E-state index is 0.105. The molecule has 0 bridgehead atoms. The number of aromatic nitrogens is 1. The van der Waals surface area contributed by atoms with Crippen molar-refractivity contribution >= 4 is 22.8 Å².